The van der Waals surface area contributed by atoms with E-state index in [9.17, 15) is 19.2 Å². The van der Waals surface area contributed by atoms with Crippen LogP contribution in [0.3, 0.4) is 0 Å². The Labute approximate surface area is 133 Å². The molecule has 2 fully saturated rings. The summed E-state index contributed by atoms with van der Waals surface area (Å²) < 4.78 is 19.1. The fraction of sp³-hybridized carbons (Fsp3) is 0.733. The van der Waals surface area contributed by atoms with E-state index in [1.807, 2.05) is 0 Å². The zero-order chi connectivity index (χ0) is 17.3. The summed E-state index contributed by atoms with van der Waals surface area (Å²) in [5.74, 6) is -6.73. The molecule has 0 N–H and O–H groups in total. The molecular weight excluding hydrogens is 308 g/mol. The van der Waals surface area contributed by atoms with Gasteiger partial charge in [0.2, 0.25) is 0 Å². The SMILES string of the molecule is COC(=O)[C@@H]1C2CC([C@@H](C(=O)OC)[C@H]2C(=O)OC)[C@@H]1C(=O)OC. The Morgan fingerprint density at radius 2 is 0.783 bits per heavy atom. The quantitative estimate of drug-likeness (QED) is 0.516. The van der Waals surface area contributed by atoms with E-state index in [-0.39, 0.29) is 0 Å². The molecule has 2 rings (SSSR count). The second-order valence-electron chi connectivity index (χ2n) is 5.76. The molecule has 2 aliphatic rings. The highest BCUT2D eigenvalue weighted by Crippen LogP contribution is 2.59. The summed E-state index contributed by atoms with van der Waals surface area (Å²) in [7, 11) is 4.86. The van der Waals surface area contributed by atoms with Gasteiger partial charge in [-0.25, -0.2) is 0 Å². The predicted octanol–water partition coefficient (Wildman–Crippen LogP) is -0.207. The fourth-order valence-electron chi connectivity index (χ4n) is 4.24. The van der Waals surface area contributed by atoms with Crippen molar-refractivity contribution in [2.45, 2.75) is 6.42 Å². The van der Waals surface area contributed by atoms with Gasteiger partial charge < -0.3 is 18.9 Å². The first-order valence-corrected chi connectivity index (χ1v) is 7.24. The Kier molecular flexibility index (Phi) is 4.91. The first kappa shape index (κ1) is 17.2. The third kappa shape index (κ3) is 2.55. The van der Waals surface area contributed by atoms with Crippen LogP contribution in [0.1, 0.15) is 6.42 Å². The van der Waals surface area contributed by atoms with E-state index >= 15 is 0 Å². The Balaban J connectivity index is 2.46. The maximum atomic E-state index is 12.1. The maximum Gasteiger partial charge on any atom is 0.309 e. The Bertz CT molecular complexity index is 438. The monoisotopic (exact) mass is 328 g/mol. The molecule has 0 heterocycles. The topological polar surface area (TPSA) is 105 Å². The Morgan fingerprint density at radius 1 is 0.565 bits per heavy atom. The minimum atomic E-state index is -0.831. The second kappa shape index (κ2) is 6.55. The fourth-order valence-corrected chi connectivity index (χ4v) is 4.24. The molecule has 6 atom stereocenters. The van der Waals surface area contributed by atoms with E-state index in [4.69, 9.17) is 18.9 Å². The molecule has 2 aliphatic carbocycles. The smallest absolute Gasteiger partial charge is 0.309 e. The number of carbonyl (C=O) groups excluding carboxylic acids is 4. The highest BCUT2D eigenvalue weighted by atomic mass is 16.5. The van der Waals surface area contributed by atoms with E-state index in [2.05, 4.69) is 0 Å². The summed E-state index contributed by atoms with van der Waals surface area (Å²) in [6.07, 6.45) is 0.360. The lowest BCUT2D eigenvalue weighted by Gasteiger charge is -2.35. The van der Waals surface area contributed by atoms with Gasteiger partial charge in [-0.2, -0.15) is 0 Å². The predicted molar refractivity (Wildman–Crippen MR) is 73.6 cm³/mol. The number of carbonyl (C=O) groups is 4. The number of hydrogen-bond donors (Lipinski definition) is 0. The van der Waals surface area contributed by atoms with E-state index in [1.54, 1.807) is 0 Å². The van der Waals surface area contributed by atoms with Crippen molar-refractivity contribution in [1.82, 2.24) is 0 Å². The molecule has 0 aliphatic heterocycles. The molecule has 0 spiro atoms. The molecule has 0 aromatic carbocycles. The first-order chi connectivity index (χ1) is 10.9. The van der Waals surface area contributed by atoms with E-state index in [1.165, 1.54) is 28.4 Å². The standard InChI is InChI=1S/C15H20O8/c1-20-12(16)8-6-5-7(9(8)13(17)21-2)11(15(19)23-4)10(6)14(18)22-3/h6-11H,5H2,1-4H3/t6?,7?,8-,9+,10+,11-. The first-order valence-electron chi connectivity index (χ1n) is 7.24. The molecule has 8 nitrogen and oxygen atoms in total. The van der Waals surface area contributed by atoms with Crippen molar-refractivity contribution in [2.75, 3.05) is 28.4 Å². The van der Waals surface area contributed by atoms with Crippen LogP contribution in [0.4, 0.5) is 0 Å². The van der Waals surface area contributed by atoms with Crippen LogP contribution in [0.2, 0.25) is 0 Å². The number of fused-ring (bicyclic) bond motifs is 2. The van der Waals surface area contributed by atoms with Gasteiger partial charge in [-0.3, -0.25) is 19.2 Å². The molecule has 23 heavy (non-hydrogen) atoms. The summed E-state index contributed by atoms with van der Waals surface area (Å²) >= 11 is 0. The second-order valence-corrected chi connectivity index (χ2v) is 5.76. The van der Waals surface area contributed by atoms with E-state index < -0.39 is 59.4 Å². The summed E-state index contributed by atoms with van der Waals surface area (Å²) in [6, 6.07) is 0. The molecule has 2 saturated carbocycles. The largest absolute Gasteiger partial charge is 0.469 e. The summed E-state index contributed by atoms with van der Waals surface area (Å²) in [4.78, 5) is 48.6. The zero-order valence-electron chi connectivity index (χ0n) is 13.4. The van der Waals surface area contributed by atoms with Crippen molar-refractivity contribution in [1.29, 1.82) is 0 Å². The van der Waals surface area contributed by atoms with Gasteiger partial charge in [-0.1, -0.05) is 0 Å². The number of esters is 4. The summed E-state index contributed by atoms with van der Waals surface area (Å²) in [6.45, 7) is 0. The Hall–Kier alpha value is -2.12. The van der Waals surface area contributed by atoms with Gasteiger partial charge in [0.1, 0.15) is 0 Å². The van der Waals surface area contributed by atoms with Crippen LogP contribution in [0.5, 0.6) is 0 Å². The minimum Gasteiger partial charge on any atom is -0.469 e. The van der Waals surface area contributed by atoms with Gasteiger partial charge in [0, 0.05) is 0 Å². The van der Waals surface area contributed by atoms with Crippen molar-refractivity contribution < 1.29 is 38.1 Å². The summed E-state index contributed by atoms with van der Waals surface area (Å²) in [5.41, 5.74) is 0. The van der Waals surface area contributed by atoms with Crippen molar-refractivity contribution in [3.05, 3.63) is 0 Å². The average molecular weight is 328 g/mol. The van der Waals surface area contributed by atoms with Gasteiger partial charge in [0.05, 0.1) is 52.1 Å². The van der Waals surface area contributed by atoms with Crippen LogP contribution in [0.15, 0.2) is 0 Å². The van der Waals surface area contributed by atoms with Crippen molar-refractivity contribution in [3.63, 3.8) is 0 Å². The minimum absolute atomic E-state index is 0.360. The van der Waals surface area contributed by atoms with Crippen LogP contribution in [-0.2, 0) is 38.1 Å². The highest BCUT2D eigenvalue weighted by molar-refractivity contribution is 5.90. The molecule has 0 saturated heterocycles. The molecule has 0 amide bonds. The van der Waals surface area contributed by atoms with E-state index in [0.29, 0.717) is 6.42 Å². The van der Waals surface area contributed by atoms with Gasteiger partial charge >= 0.3 is 23.9 Å². The molecule has 0 radical (unpaired) electrons. The van der Waals surface area contributed by atoms with Crippen LogP contribution in [-0.4, -0.2) is 52.3 Å². The molecule has 2 bridgehead atoms. The number of methoxy groups -OCH3 is 4. The zero-order valence-corrected chi connectivity index (χ0v) is 13.4. The average Bonchev–Trinajstić information content (AvgIpc) is 3.14. The molecule has 128 valence electrons. The van der Waals surface area contributed by atoms with Crippen LogP contribution in [0.25, 0.3) is 0 Å². The normalized spacial score (nSPS) is 34.6. The Morgan fingerprint density at radius 3 is 0.957 bits per heavy atom. The number of rotatable bonds is 4. The lowest BCUT2D eigenvalue weighted by Crippen LogP contribution is -2.48. The van der Waals surface area contributed by atoms with Crippen LogP contribution in [0, 0.1) is 35.5 Å². The summed E-state index contributed by atoms with van der Waals surface area (Å²) in [5, 5.41) is 0. The molecule has 2 unspecified atom stereocenters. The molecule has 8 heteroatoms. The van der Waals surface area contributed by atoms with Crippen molar-refractivity contribution >= 4 is 23.9 Å². The van der Waals surface area contributed by atoms with Crippen LogP contribution < -0.4 is 0 Å². The maximum absolute atomic E-state index is 12.1. The van der Waals surface area contributed by atoms with Crippen molar-refractivity contribution in [3.8, 4) is 0 Å². The molecule has 0 aromatic heterocycles. The van der Waals surface area contributed by atoms with Gasteiger partial charge in [0.25, 0.3) is 0 Å². The van der Waals surface area contributed by atoms with Crippen molar-refractivity contribution in [2.24, 2.45) is 35.5 Å². The number of ether oxygens (including phenoxy) is 4. The van der Waals surface area contributed by atoms with E-state index in [0.717, 1.165) is 0 Å². The van der Waals surface area contributed by atoms with Crippen LogP contribution >= 0.6 is 0 Å². The lowest BCUT2D eigenvalue weighted by atomic mass is 9.68. The van der Waals surface area contributed by atoms with Gasteiger partial charge in [0.15, 0.2) is 0 Å². The molecule has 0 aromatic rings. The number of hydrogen-bond acceptors (Lipinski definition) is 8. The van der Waals surface area contributed by atoms with Gasteiger partial charge in [-0.05, 0) is 18.3 Å². The lowest BCUT2D eigenvalue weighted by molar-refractivity contribution is -0.173. The third-order valence-corrected chi connectivity index (χ3v) is 5.06. The third-order valence-electron chi connectivity index (χ3n) is 5.06. The molecular formula is C15H20O8. The van der Waals surface area contributed by atoms with Gasteiger partial charge in [-0.15, -0.1) is 0 Å². The highest BCUT2D eigenvalue weighted by Gasteiger charge is 2.67.